The van der Waals surface area contributed by atoms with Crippen molar-refractivity contribution in [3.05, 3.63) is 40.1 Å². The van der Waals surface area contributed by atoms with Gasteiger partial charge in [-0.15, -0.1) is 0 Å². The van der Waals surface area contributed by atoms with Crippen molar-refractivity contribution in [1.29, 1.82) is 0 Å². The molecule has 10 heteroatoms. The van der Waals surface area contributed by atoms with E-state index in [-0.39, 0.29) is 0 Å². The molecule has 1 aromatic carbocycles. The fraction of sp³-hybridized carbons (Fsp3) is 0.607. The standard InChI is InChI=1S/C28H38Cl2N8/c29-19-13-18(14-20(30)15-19)16-37-11-9-23(10-12-37)33-26-25-27(38(17-32-25)24-3-1-2-4-24)36-28(35-26)34-22-7-5-21(31)6-8-22/h13-15,17,21-24H,1-12,16,31H2,(H2,33,34,35,36). The predicted molar refractivity (Wildman–Crippen MR) is 155 cm³/mol. The summed E-state index contributed by atoms with van der Waals surface area (Å²) in [7, 11) is 0. The summed E-state index contributed by atoms with van der Waals surface area (Å²) in [5, 5.41) is 8.77. The van der Waals surface area contributed by atoms with Gasteiger partial charge in [0.15, 0.2) is 17.0 Å². The average Bonchev–Trinajstić information content (AvgIpc) is 3.56. The first-order valence-corrected chi connectivity index (χ1v) is 15.0. The highest BCUT2D eigenvalue weighted by Gasteiger charge is 2.26. The minimum Gasteiger partial charge on any atom is -0.365 e. The predicted octanol–water partition coefficient (Wildman–Crippen LogP) is 6.01. The van der Waals surface area contributed by atoms with Crippen molar-refractivity contribution in [2.45, 2.75) is 94.9 Å². The summed E-state index contributed by atoms with van der Waals surface area (Å²) in [5.41, 5.74) is 9.12. The highest BCUT2D eigenvalue weighted by atomic mass is 35.5. The molecule has 1 saturated heterocycles. The van der Waals surface area contributed by atoms with Gasteiger partial charge in [0, 0.05) is 53.8 Å². The quantitative estimate of drug-likeness (QED) is 0.328. The zero-order valence-corrected chi connectivity index (χ0v) is 23.4. The molecule has 3 fully saturated rings. The Morgan fingerprint density at radius 2 is 1.53 bits per heavy atom. The number of nitrogens with one attached hydrogen (secondary N) is 2. The summed E-state index contributed by atoms with van der Waals surface area (Å²) < 4.78 is 2.29. The normalized spacial score (nSPS) is 23.8. The number of benzene rings is 1. The summed E-state index contributed by atoms with van der Waals surface area (Å²) in [6.45, 7) is 2.86. The van der Waals surface area contributed by atoms with Gasteiger partial charge in [0.2, 0.25) is 5.95 Å². The summed E-state index contributed by atoms with van der Waals surface area (Å²) in [6.07, 6.45) is 13.2. The van der Waals surface area contributed by atoms with Gasteiger partial charge in [0.25, 0.3) is 0 Å². The van der Waals surface area contributed by atoms with Crippen molar-refractivity contribution in [3.63, 3.8) is 0 Å². The summed E-state index contributed by atoms with van der Waals surface area (Å²) in [6, 6.07) is 7.29. The van der Waals surface area contributed by atoms with Crippen LogP contribution in [0.3, 0.4) is 0 Å². The third-order valence-electron chi connectivity index (χ3n) is 8.50. The van der Waals surface area contributed by atoms with Crippen molar-refractivity contribution in [2.75, 3.05) is 23.7 Å². The molecule has 204 valence electrons. The van der Waals surface area contributed by atoms with Gasteiger partial charge in [-0.1, -0.05) is 36.0 Å². The van der Waals surface area contributed by atoms with Crippen LogP contribution in [0.15, 0.2) is 24.5 Å². The number of nitrogens with zero attached hydrogens (tertiary/aromatic N) is 5. The maximum atomic E-state index is 6.21. The van der Waals surface area contributed by atoms with Crippen LogP contribution in [0.5, 0.6) is 0 Å². The van der Waals surface area contributed by atoms with Crippen LogP contribution < -0.4 is 16.4 Å². The maximum absolute atomic E-state index is 6.21. The van der Waals surface area contributed by atoms with E-state index >= 15 is 0 Å². The molecule has 3 aromatic rings. The number of fused-ring (bicyclic) bond motifs is 1. The Hall–Kier alpha value is -2.13. The smallest absolute Gasteiger partial charge is 0.227 e. The molecule has 0 spiro atoms. The third kappa shape index (κ3) is 6.03. The van der Waals surface area contributed by atoms with Crippen molar-refractivity contribution < 1.29 is 0 Å². The SMILES string of the molecule is NC1CCC(Nc2nc(NC3CCN(Cc4cc(Cl)cc(Cl)c4)CC3)c3ncn(C4CCCC4)c3n2)CC1. The number of halogens is 2. The van der Waals surface area contributed by atoms with E-state index < -0.39 is 0 Å². The number of imidazole rings is 1. The van der Waals surface area contributed by atoms with Crippen molar-refractivity contribution in [1.82, 2.24) is 24.4 Å². The Bertz CT molecular complexity index is 1220. The second-order valence-corrected chi connectivity index (χ2v) is 12.3. The van der Waals surface area contributed by atoms with Crippen LogP contribution in [-0.2, 0) is 6.54 Å². The van der Waals surface area contributed by atoms with Gasteiger partial charge >= 0.3 is 0 Å². The molecular formula is C28H38Cl2N8. The molecule has 0 amide bonds. The molecule has 2 saturated carbocycles. The van der Waals surface area contributed by atoms with E-state index in [1.54, 1.807) is 6.07 Å². The number of hydrogen-bond acceptors (Lipinski definition) is 7. The van der Waals surface area contributed by atoms with E-state index in [2.05, 4.69) is 20.1 Å². The lowest BCUT2D eigenvalue weighted by atomic mass is 9.92. The molecule has 0 unspecified atom stereocenters. The van der Waals surface area contributed by atoms with Crippen molar-refractivity contribution in [3.8, 4) is 0 Å². The molecule has 0 radical (unpaired) electrons. The van der Waals surface area contributed by atoms with Gasteiger partial charge in [-0.05, 0) is 75.1 Å². The topological polar surface area (TPSA) is 96.9 Å². The zero-order chi connectivity index (χ0) is 26.1. The van der Waals surface area contributed by atoms with Crippen LogP contribution in [0.25, 0.3) is 11.2 Å². The first-order chi connectivity index (χ1) is 18.5. The Labute approximate surface area is 234 Å². The third-order valence-corrected chi connectivity index (χ3v) is 8.94. The molecule has 6 rings (SSSR count). The van der Waals surface area contributed by atoms with Crippen LogP contribution in [0.4, 0.5) is 11.8 Å². The van der Waals surface area contributed by atoms with E-state index in [4.69, 9.17) is 43.9 Å². The Kier molecular flexibility index (Phi) is 7.93. The maximum Gasteiger partial charge on any atom is 0.227 e. The van der Waals surface area contributed by atoms with Crippen LogP contribution in [0.1, 0.15) is 75.8 Å². The molecule has 4 N–H and O–H groups in total. The summed E-state index contributed by atoms with van der Waals surface area (Å²) >= 11 is 12.4. The van der Waals surface area contributed by atoms with E-state index in [0.717, 1.165) is 80.7 Å². The Morgan fingerprint density at radius 3 is 2.24 bits per heavy atom. The largest absolute Gasteiger partial charge is 0.365 e. The monoisotopic (exact) mass is 556 g/mol. The highest BCUT2D eigenvalue weighted by molar-refractivity contribution is 6.34. The van der Waals surface area contributed by atoms with E-state index in [9.17, 15) is 0 Å². The molecule has 2 aliphatic carbocycles. The number of likely N-dealkylation sites (tertiary alicyclic amines) is 1. The van der Waals surface area contributed by atoms with Gasteiger partial charge < -0.3 is 20.9 Å². The second kappa shape index (κ2) is 11.5. The number of hydrogen-bond donors (Lipinski definition) is 3. The average molecular weight is 558 g/mol. The first kappa shape index (κ1) is 26.1. The molecular weight excluding hydrogens is 519 g/mol. The van der Waals surface area contributed by atoms with Crippen LogP contribution in [0, 0.1) is 0 Å². The molecule has 38 heavy (non-hydrogen) atoms. The lowest BCUT2D eigenvalue weighted by Crippen LogP contribution is -2.39. The van der Waals surface area contributed by atoms with Gasteiger partial charge in [0.1, 0.15) is 0 Å². The second-order valence-electron chi connectivity index (χ2n) is 11.4. The zero-order valence-electron chi connectivity index (χ0n) is 21.9. The van der Waals surface area contributed by atoms with E-state index in [1.807, 2.05) is 18.5 Å². The van der Waals surface area contributed by atoms with Crippen molar-refractivity contribution >= 4 is 46.1 Å². The molecule has 1 aliphatic heterocycles. The van der Waals surface area contributed by atoms with Gasteiger partial charge in [-0.25, -0.2) is 4.98 Å². The number of rotatable bonds is 7. The highest BCUT2D eigenvalue weighted by Crippen LogP contribution is 2.34. The molecule has 0 bridgehead atoms. The van der Waals surface area contributed by atoms with Gasteiger partial charge in [-0.3, -0.25) is 4.90 Å². The minimum absolute atomic E-state index is 0.319. The van der Waals surface area contributed by atoms with E-state index in [1.165, 1.54) is 25.7 Å². The van der Waals surface area contributed by atoms with Crippen molar-refractivity contribution in [2.24, 2.45) is 5.73 Å². The van der Waals surface area contributed by atoms with Gasteiger partial charge in [-0.2, -0.15) is 9.97 Å². The fourth-order valence-corrected chi connectivity index (χ4v) is 6.94. The number of anilines is 2. The molecule has 8 nitrogen and oxygen atoms in total. The minimum atomic E-state index is 0.319. The van der Waals surface area contributed by atoms with Gasteiger partial charge in [0.05, 0.1) is 6.33 Å². The lowest BCUT2D eigenvalue weighted by molar-refractivity contribution is 0.211. The lowest BCUT2D eigenvalue weighted by Gasteiger charge is -2.33. The molecule has 3 heterocycles. The Morgan fingerprint density at radius 1 is 0.842 bits per heavy atom. The van der Waals surface area contributed by atoms with Crippen LogP contribution >= 0.6 is 23.2 Å². The van der Waals surface area contributed by atoms with Crippen LogP contribution in [0.2, 0.25) is 10.0 Å². The Balaban J connectivity index is 1.17. The first-order valence-electron chi connectivity index (χ1n) is 14.2. The molecule has 2 aromatic heterocycles. The number of aromatic nitrogens is 4. The summed E-state index contributed by atoms with van der Waals surface area (Å²) in [4.78, 5) is 17.2. The van der Waals surface area contributed by atoms with E-state index in [0.29, 0.717) is 40.2 Å². The summed E-state index contributed by atoms with van der Waals surface area (Å²) in [5.74, 6) is 1.55. The fourth-order valence-electron chi connectivity index (χ4n) is 6.37. The van der Waals surface area contributed by atoms with Crippen LogP contribution in [-0.4, -0.2) is 55.6 Å². The molecule has 3 aliphatic rings. The molecule has 0 atom stereocenters. The number of piperidine rings is 1. The number of nitrogens with two attached hydrogens (primary N) is 1.